The summed E-state index contributed by atoms with van der Waals surface area (Å²) >= 11 is 0. The maximum Gasteiger partial charge on any atom is 0.334 e. The van der Waals surface area contributed by atoms with Gasteiger partial charge in [0.15, 0.2) is 6.10 Å². The molecular formula is C9H16N2O4. The van der Waals surface area contributed by atoms with Gasteiger partial charge in [-0.15, -0.1) is 0 Å². The lowest BCUT2D eigenvalue weighted by atomic mass is 10.2. The number of carboxylic acid groups (broad SMARTS) is 1. The Kier molecular flexibility index (Phi) is 4.05. The summed E-state index contributed by atoms with van der Waals surface area (Å²) in [6.45, 7) is 2.60. The van der Waals surface area contributed by atoms with Gasteiger partial charge in [-0.1, -0.05) is 0 Å². The zero-order chi connectivity index (χ0) is 11.4. The van der Waals surface area contributed by atoms with Crippen molar-refractivity contribution in [2.24, 2.45) is 0 Å². The predicted molar refractivity (Wildman–Crippen MR) is 52.5 cm³/mol. The van der Waals surface area contributed by atoms with E-state index in [1.165, 1.54) is 4.90 Å². The van der Waals surface area contributed by atoms with Crippen LogP contribution in [0, 0.1) is 0 Å². The van der Waals surface area contributed by atoms with Crippen LogP contribution in [0.15, 0.2) is 0 Å². The van der Waals surface area contributed by atoms with Crippen LogP contribution in [-0.4, -0.2) is 60.8 Å². The van der Waals surface area contributed by atoms with E-state index in [0.717, 1.165) is 0 Å². The Morgan fingerprint density at radius 2 is 2.27 bits per heavy atom. The van der Waals surface area contributed by atoms with Crippen LogP contribution in [0.1, 0.15) is 6.92 Å². The predicted octanol–water partition coefficient (Wildman–Crippen LogP) is -1.09. The first-order chi connectivity index (χ1) is 7.06. The molecule has 1 heterocycles. The minimum absolute atomic E-state index is 0.0907. The molecular weight excluding hydrogens is 200 g/mol. The smallest absolute Gasteiger partial charge is 0.334 e. The highest BCUT2D eigenvalue weighted by Gasteiger charge is 2.30. The Morgan fingerprint density at radius 1 is 1.60 bits per heavy atom. The molecule has 0 aromatic heterocycles. The van der Waals surface area contributed by atoms with E-state index in [2.05, 4.69) is 5.32 Å². The summed E-state index contributed by atoms with van der Waals surface area (Å²) in [7, 11) is 1.69. The quantitative estimate of drug-likeness (QED) is 0.626. The molecule has 0 spiro atoms. The van der Waals surface area contributed by atoms with Gasteiger partial charge in [-0.25, -0.2) is 4.79 Å². The number of ether oxygens (including phenoxy) is 1. The molecule has 1 fully saturated rings. The number of nitrogens with zero attached hydrogens (tertiary/aromatic N) is 1. The minimum Gasteiger partial charge on any atom is -0.479 e. The zero-order valence-corrected chi connectivity index (χ0v) is 8.90. The van der Waals surface area contributed by atoms with Gasteiger partial charge in [0.25, 0.3) is 0 Å². The number of carbonyl (C=O) groups excluding carboxylic acids is 1. The molecule has 0 saturated carbocycles. The second kappa shape index (κ2) is 5.09. The molecule has 0 aromatic rings. The first-order valence-electron chi connectivity index (χ1n) is 4.86. The fourth-order valence-electron chi connectivity index (χ4n) is 1.40. The third-order valence-electron chi connectivity index (χ3n) is 2.46. The molecule has 2 unspecified atom stereocenters. The highest BCUT2D eigenvalue weighted by Crippen LogP contribution is 2.07. The van der Waals surface area contributed by atoms with E-state index in [1.807, 2.05) is 0 Å². The van der Waals surface area contributed by atoms with Gasteiger partial charge in [0.05, 0.1) is 19.2 Å². The molecule has 1 aliphatic rings. The Hall–Kier alpha value is -1.14. The maximum absolute atomic E-state index is 11.7. The van der Waals surface area contributed by atoms with Gasteiger partial charge in [-0.3, -0.25) is 4.79 Å². The fourth-order valence-corrected chi connectivity index (χ4v) is 1.40. The Bertz CT molecular complexity index is 256. The van der Waals surface area contributed by atoms with Crippen molar-refractivity contribution in [2.45, 2.75) is 19.1 Å². The van der Waals surface area contributed by atoms with Crippen LogP contribution in [-0.2, 0) is 14.3 Å². The van der Waals surface area contributed by atoms with Gasteiger partial charge in [-0.05, 0) is 14.0 Å². The van der Waals surface area contributed by atoms with Crippen LogP contribution >= 0.6 is 0 Å². The normalized spacial score (nSPS) is 23.6. The van der Waals surface area contributed by atoms with Crippen molar-refractivity contribution in [1.29, 1.82) is 0 Å². The van der Waals surface area contributed by atoms with Crippen LogP contribution in [0.3, 0.4) is 0 Å². The first-order valence-corrected chi connectivity index (χ1v) is 4.86. The Labute approximate surface area is 88.2 Å². The van der Waals surface area contributed by atoms with E-state index in [-0.39, 0.29) is 25.1 Å². The third-order valence-corrected chi connectivity index (χ3v) is 2.46. The van der Waals surface area contributed by atoms with Crippen LogP contribution in [0.4, 0.5) is 0 Å². The number of hydrogen-bond donors (Lipinski definition) is 2. The lowest BCUT2D eigenvalue weighted by molar-refractivity contribution is -0.159. The fraction of sp³-hybridized carbons (Fsp3) is 0.778. The molecule has 1 amide bonds. The van der Waals surface area contributed by atoms with Gasteiger partial charge < -0.3 is 20.1 Å². The molecule has 0 aromatic carbocycles. The number of likely N-dealkylation sites (N-methyl/N-ethyl adjacent to an activating group) is 1. The van der Waals surface area contributed by atoms with E-state index < -0.39 is 12.1 Å². The number of carbonyl (C=O) groups is 2. The summed E-state index contributed by atoms with van der Waals surface area (Å²) in [6, 6.07) is -0.294. The maximum atomic E-state index is 11.7. The topological polar surface area (TPSA) is 78.9 Å². The number of rotatable bonds is 3. The van der Waals surface area contributed by atoms with Crippen LogP contribution in [0.25, 0.3) is 0 Å². The highest BCUT2D eigenvalue weighted by atomic mass is 16.5. The monoisotopic (exact) mass is 216 g/mol. The number of nitrogens with one attached hydrogen (secondary N) is 1. The first kappa shape index (κ1) is 11.9. The molecule has 6 heteroatoms. The molecule has 1 saturated heterocycles. The standard InChI is InChI=1S/C9H16N2O4/c1-6(10-2)8(12)11-3-4-15-7(5-11)9(13)14/h6-7,10H,3-5H2,1-2H3,(H,13,14). The minimum atomic E-state index is -1.02. The Balaban J connectivity index is 2.56. The summed E-state index contributed by atoms with van der Waals surface area (Å²) in [5.74, 6) is -1.11. The van der Waals surface area contributed by atoms with Crippen LogP contribution in [0.5, 0.6) is 0 Å². The number of hydrogen-bond acceptors (Lipinski definition) is 4. The zero-order valence-electron chi connectivity index (χ0n) is 8.90. The van der Waals surface area contributed by atoms with Gasteiger partial charge in [0.1, 0.15) is 0 Å². The van der Waals surface area contributed by atoms with Gasteiger partial charge in [0.2, 0.25) is 5.91 Å². The van der Waals surface area contributed by atoms with Crippen molar-refractivity contribution in [3.8, 4) is 0 Å². The molecule has 0 radical (unpaired) electrons. The van der Waals surface area contributed by atoms with Crippen molar-refractivity contribution in [3.05, 3.63) is 0 Å². The second-order valence-corrected chi connectivity index (χ2v) is 3.49. The lowest BCUT2D eigenvalue weighted by Crippen LogP contribution is -2.53. The van der Waals surface area contributed by atoms with Gasteiger partial charge >= 0.3 is 5.97 Å². The second-order valence-electron chi connectivity index (χ2n) is 3.49. The lowest BCUT2D eigenvalue weighted by Gasteiger charge is -2.32. The summed E-state index contributed by atoms with van der Waals surface area (Å²) < 4.78 is 5.02. The van der Waals surface area contributed by atoms with E-state index in [1.54, 1.807) is 14.0 Å². The molecule has 86 valence electrons. The van der Waals surface area contributed by atoms with Crippen molar-refractivity contribution in [3.63, 3.8) is 0 Å². The molecule has 15 heavy (non-hydrogen) atoms. The summed E-state index contributed by atoms with van der Waals surface area (Å²) in [5, 5.41) is 11.6. The summed E-state index contributed by atoms with van der Waals surface area (Å²) in [6.07, 6.45) is -0.897. The van der Waals surface area contributed by atoms with Gasteiger partial charge in [-0.2, -0.15) is 0 Å². The van der Waals surface area contributed by atoms with E-state index in [9.17, 15) is 9.59 Å². The van der Waals surface area contributed by atoms with Crippen LogP contribution in [0.2, 0.25) is 0 Å². The number of amides is 1. The van der Waals surface area contributed by atoms with Crippen molar-refractivity contribution < 1.29 is 19.4 Å². The highest BCUT2D eigenvalue weighted by molar-refractivity contribution is 5.82. The third kappa shape index (κ3) is 2.90. The average Bonchev–Trinajstić information content (AvgIpc) is 2.27. The number of carboxylic acids is 1. The van der Waals surface area contributed by atoms with Crippen molar-refractivity contribution >= 4 is 11.9 Å². The average molecular weight is 216 g/mol. The molecule has 6 nitrogen and oxygen atoms in total. The summed E-state index contributed by atoms with van der Waals surface area (Å²) in [5.41, 5.74) is 0. The van der Waals surface area contributed by atoms with E-state index in [4.69, 9.17) is 9.84 Å². The SMILES string of the molecule is CNC(C)C(=O)N1CCOC(C(=O)O)C1. The van der Waals surface area contributed by atoms with Gasteiger partial charge in [0, 0.05) is 6.54 Å². The molecule has 0 bridgehead atoms. The van der Waals surface area contributed by atoms with Crippen molar-refractivity contribution in [2.75, 3.05) is 26.7 Å². The molecule has 2 atom stereocenters. The number of aliphatic carboxylic acids is 1. The van der Waals surface area contributed by atoms with E-state index >= 15 is 0 Å². The van der Waals surface area contributed by atoms with Crippen LogP contribution < -0.4 is 5.32 Å². The molecule has 1 rings (SSSR count). The molecule has 2 N–H and O–H groups in total. The summed E-state index contributed by atoms with van der Waals surface area (Å²) in [4.78, 5) is 23.9. The molecule has 1 aliphatic heterocycles. The Morgan fingerprint density at radius 3 is 2.80 bits per heavy atom. The number of morpholine rings is 1. The largest absolute Gasteiger partial charge is 0.479 e. The molecule has 0 aliphatic carbocycles. The van der Waals surface area contributed by atoms with E-state index in [0.29, 0.717) is 6.54 Å². The van der Waals surface area contributed by atoms with Crippen molar-refractivity contribution in [1.82, 2.24) is 10.2 Å².